The number of methoxy groups -OCH3 is 1. The van der Waals surface area contributed by atoms with E-state index in [1.54, 1.807) is 7.11 Å². The van der Waals surface area contributed by atoms with E-state index in [-0.39, 0.29) is 0 Å². The van der Waals surface area contributed by atoms with Crippen molar-refractivity contribution >= 4 is 11.8 Å². The molecule has 1 fully saturated rings. The highest BCUT2D eigenvalue weighted by atomic mass is 32.2. The Labute approximate surface area is 121 Å². The molecule has 0 spiro atoms. The number of rotatable bonds is 6. The highest BCUT2D eigenvalue weighted by molar-refractivity contribution is 8.00. The Kier molecular flexibility index (Phi) is 5.59. The number of hydrogen-bond donors (Lipinski definition) is 1. The second-order valence-electron chi connectivity index (χ2n) is 5.36. The van der Waals surface area contributed by atoms with Gasteiger partial charge in [0.05, 0.1) is 7.11 Å². The first kappa shape index (κ1) is 14.7. The third kappa shape index (κ3) is 3.90. The molecule has 0 amide bonds. The zero-order valence-corrected chi connectivity index (χ0v) is 12.9. The smallest absolute Gasteiger partial charge is 0.123 e. The normalized spacial score (nSPS) is 18.2. The molecule has 3 heteroatoms. The maximum Gasteiger partial charge on any atom is 0.123 e. The Morgan fingerprint density at radius 2 is 1.95 bits per heavy atom. The molecule has 2 rings (SSSR count). The van der Waals surface area contributed by atoms with E-state index >= 15 is 0 Å². The quantitative estimate of drug-likeness (QED) is 0.854. The van der Waals surface area contributed by atoms with Gasteiger partial charge in [-0.15, -0.1) is 0 Å². The summed E-state index contributed by atoms with van der Waals surface area (Å²) in [4.78, 5) is 0. The zero-order chi connectivity index (χ0) is 13.6. The predicted octanol–water partition coefficient (Wildman–Crippen LogP) is 3.85. The van der Waals surface area contributed by atoms with Crippen LogP contribution in [0.3, 0.4) is 0 Å². The molecule has 1 saturated carbocycles. The van der Waals surface area contributed by atoms with Gasteiger partial charge in [0.2, 0.25) is 0 Å². The second-order valence-corrected chi connectivity index (χ2v) is 6.64. The Hall–Kier alpha value is -0.670. The first-order chi connectivity index (χ1) is 9.29. The molecule has 0 aromatic heterocycles. The van der Waals surface area contributed by atoms with E-state index in [0.29, 0.717) is 4.75 Å². The summed E-state index contributed by atoms with van der Waals surface area (Å²) >= 11 is 2.04. The fourth-order valence-electron chi connectivity index (χ4n) is 2.92. The van der Waals surface area contributed by atoms with Crippen molar-refractivity contribution in [3.05, 3.63) is 29.8 Å². The topological polar surface area (TPSA) is 21.3 Å². The van der Waals surface area contributed by atoms with E-state index in [0.717, 1.165) is 18.8 Å². The summed E-state index contributed by atoms with van der Waals surface area (Å²) in [6.45, 7) is 2.00. The van der Waals surface area contributed by atoms with Crippen LogP contribution in [0.2, 0.25) is 0 Å². The van der Waals surface area contributed by atoms with Crippen molar-refractivity contribution in [1.82, 2.24) is 5.32 Å². The molecule has 1 aromatic carbocycles. The number of benzene rings is 1. The van der Waals surface area contributed by atoms with E-state index in [2.05, 4.69) is 23.7 Å². The van der Waals surface area contributed by atoms with Crippen LogP contribution < -0.4 is 10.1 Å². The fourth-order valence-corrected chi connectivity index (χ4v) is 3.87. The average Bonchev–Trinajstić information content (AvgIpc) is 2.49. The highest BCUT2D eigenvalue weighted by Gasteiger charge is 2.30. The Balaban J connectivity index is 1.88. The molecule has 1 aliphatic rings. The van der Waals surface area contributed by atoms with Gasteiger partial charge in [0.15, 0.2) is 0 Å². The molecule has 1 aliphatic carbocycles. The molecule has 19 heavy (non-hydrogen) atoms. The molecule has 0 radical (unpaired) electrons. The first-order valence-electron chi connectivity index (χ1n) is 7.17. The Morgan fingerprint density at radius 1 is 1.21 bits per heavy atom. The minimum Gasteiger partial charge on any atom is -0.496 e. The summed E-state index contributed by atoms with van der Waals surface area (Å²) in [5, 5.41) is 3.64. The van der Waals surface area contributed by atoms with E-state index in [1.807, 2.05) is 23.9 Å². The molecular weight excluding hydrogens is 254 g/mol. The molecule has 0 heterocycles. The SMILES string of the molecule is COc1ccccc1CNCC1(SC)CCCCC1. The van der Waals surface area contributed by atoms with Gasteiger partial charge in [-0.3, -0.25) is 0 Å². The van der Waals surface area contributed by atoms with Crippen LogP contribution in [0.15, 0.2) is 24.3 Å². The number of ether oxygens (including phenoxy) is 1. The van der Waals surface area contributed by atoms with E-state index < -0.39 is 0 Å². The molecule has 0 atom stereocenters. The van der Waals surface area contributed by atoms with Crippen molar-refractivity contribution in [2.45, 2.75) is 43.4 Å². The third-order valence-electron chi connectivity index (χ3n) is 4.15. The molecule has 0 aliphatic heterocycles. The average molecular weight is 279 g/mol. The van der Waals surface area contributed by atoms with Crippen LogP contribution in [-0.4, -0.2) is 24.7 Å². The molecular formula is C16H25NOS. The Morgan fingerprint density at radius 3 is 2.63 bits per heavy atom. The lowest BCUT2D eigenvalue weighted by Crippen LogP contribution is -2.39. The lowest BCUT2D eigenvalue weighted by molar-refractivity contribution is 0.375. The predicted molar refractivity (Wildman–Crippen MR) is 84.0 cm³/mol. The number of para-hydroxylation sites is 1. The molecule has 106 valence electrons. The van der Waals surface area contributed by atoms with E-state index in [9.17, 15) is 0 Å². The summed E-state index contributed by atoms with van der Waals surface area (Å²) in [7, 11) is 1.74. The Bertz CT molecular complexity index is 388. The molecule has 2 nitrogen and oxygen atoms in total. The number of thioether (sulfide) groups is 1. The van der Waals surface area contributed by atoms with Crippen molar-refractivity contribution in [2.75, 3.05) is 19.9 Å². The van der Waals surface area contributed by atoms with Crippen molar-refractivity contribution in [3.8, 4) is 5.75 Å². The summed E-state index contributed by atoms with van der Waals surface area (Å²) in [5.41, 5.74) is 1.25. The van der Waals surface area contributed by atoms with Gasteiger partial charge in [0.25, 0.3) is 0 Å². The third-order valence-corrected chi connectivity index (χ3v) is 5.57. The lowest BCUT2D eigenvalue weighted by atomic mass is 9.88. The van der Waals surface area contributed by atoms with Gasteiger partial charge in [-0.05, 0) is 25.2 Å². The van der Waals surface area contributed by atoms with Crippen molar-refractivity contribution in [2.24, 2.45) is 0 Å². The molecule has 0 bridgehead atoms. The zero-order valence-electron chi connectivity index (χ0n) is 12.1. The van der Waals surface area contributed by atoms with Gasteiger partial charge < -0.3 is 10.1 Å². The lowest BCUT2D eigenvalue weighted by Gasteiger charge is -2.36. The fraction of sp³-hybridized carbons (Fsp3) is 0.625. The summed E-state index contributed by atoms with van der Waals surface area (Å²) in [6.07, 6.45) is 9.15. The van der Waals surface area contributed by atoms with Crippen LogP contribution >= 0.6 is 11.8 Å². The van der Waals surface area contributed by atoms with Crippen molar-refractivity contribution in [3.63, 3.8) is 0 Å². The van der Waals surface area contributed by atoms with E-state index in [1.165, 1.54) is 37.7 Å². The van der Waals surface area contributed by atoms with Crippen LogP contribution in [0.25, 0.3) is 0 Å². The van der Waals surface area contributed by atoms with Gasteiger partial charge >= 0.3 is 0 Å². The van der Waals surface area contributed by atoms with Gasteiger partial charge in [-0.25, -0.2) is 0 Å². The van der Waals surface area contributed by atoms with Crippen LogP contribution in [0.5, 0.6) is 5.75 Å². The minimum atomic E-state index is 0.459. The minimum absolute atomic E-state index is 0.459. The maximum absolute atomic E-state index is 5.39. The molecule has 0 saturated heterocycles. The summed E-state index contributed by atoms with van der Waals surface area (Å²) < 4.78 is 5.85. The van der Waals surface area contributed by atoms with Gasteiger partial charge in [0.1, 0.15) is 5.75 Å². The van der Waals surface area contributed by atoms with Crippen LogP contribution in [0.1, 0.15) is 37.7 Å². The van der Waals surface area contributed by atoms with Gasteiger partial charge in [-0.2, -0.15) is 11.8 Å². The largest absolute Gasteiger partial charge is 0.496 e. The van der Waals surface area contributed by atoms with Crippen LogP contribution in [-0.2, 0) is 6.54 Å². The number of hydrogen-bond acceptors (Lipinski definition) is 3. The van der Waals surface area contributed by atoms with Gasteiger partial charge in [0, 0.05) is 23.4 Å². The highest BCUT2D eigenvalue weighted by Crippen LogP contribution is 2.38. The summed E-state index contributed by atoms with van der Waals surface area (Å²) in [5.74, 6) is 0.983. The number of nitrogens with one attached hydrogen (secondary N) is 1. The van der Waals surface area contributed by atoms with E-state index in [4.69, 9.17) is 4.74 Å². The van der Waals surface area contributed by atoms with Crippen molar-refractivity contribution in [1.29, 1.82) is 0 Å². The van der Waals surface area contributed by atoms with Gasteiger partial charge in [-0.1, -0.05) is 37.5 Å². The standard InChI is InChI=1S/C16H25NOS/c1-18-15-9-5-4-8-14(15)12-17-13-16(19-2)10-6-3-7-11-16/h4-5,8-9,17H,3,6-7,10-13H2,1-2H3. The van der Waals surface area contributed by atoms with Crippen molar-refractivity contribution < 1.29 is 4.74 Å². The molecule has 1 N–H and O–H groups in total. The second kappa shape index (κ2) is 7.20. The van der Waals surface area contributed by atoms with Crippen LogP contribution in [0, 0.1) is 0 Å². The summed E-state index contributed by atoms with van der Waals surface area (Å²) in [6, 6.07) is 8.26. The maximum atomic E-state index is 5.39. The first-order valence-corrected chi connectivity index (χ1v) is 8.40. The molecule has 0 unspecified atom stereocenters. The monoisotopic (exact) mass is 279 g/mol. The van der Waals surface area contributed by atoms with Crippen LogP contribution in [0.4, 0.5) is 0 Å². The molecule has 1 aromatic rings.